The molecule has 4 nitrogen and oxygen atoms in total. The highest BCUT2D eigenvalue weighted by Gasteiger charge is 2.31. The number of aromatic amines is 1. The van der Waals surface area contributed by atoms with Gasteiger partial charge in [-0.3, -0.25) is 0 Å². The van der Waals surface area contributed by atoms with E-state index in [9.17, 15) is 13.2 Å². The molecule has 0 aliphatic rings. The SMILES string of the molecule is CN(C)Cc1c(-c2ccc3cccc(Cl)c3n2)[nH]c2ccc(OC(F)(F)F)cc12. The molecule has 0 saturated heterocycles. The Morgan fingerprint density at radius 1 is 1.10 bits per heavy atom. The maximum atomic E-state index is 12.6. The molecule has 0 atom stereocenters. The standard InChI is InChI=1S/C21H17ClF3N3O/c1-28(2)11-15-14-10-13(29-21(23,24)25)7-9-17(14)26-20(15)18-8-6-12-4-3-5-16(22)19(12)27-18/h3-10,26H,11H2,1-2H3. The van der Waals surface area contributed by atoms with Gasteiger partial charge in [0, 0.05) is 28.4 Å². The number of hydrogen-bond acceptors (Lipinski definition) is 3. The highest BCUT2D eigenvalue weighted by Crippen LogP contribution is 2.35. The van der Waals surface area contributed by atoms with Crippen molar-refractivity contribution in [3.05, 3.63) is 59.1 Å². The number of para-hydroxylation sites is 1. The van der Waals surface area contributed by atoms with Crippen LogP contribution < -0.4 is 4.74 Å². The molecular weight excluding hydrogens is 403 g/mol. The third kappa shape index (κ3) is 4.02. The second kappa shape index (κ2) is 7.24. The molecule has 2 aromatic carbocycles. The molecule has 1 N–H and O–H groups in total. The first-order valence-corrected chi connectivity index (χ1v) is 9.20. The summed E-state index contributed by atoms with van der Waals surface area (Å²) in [6.07, 6.45) is -4.74. The third-order valence-electron chi connectivity index (χ3n) is 4.51. The predicted molar refractivity (Wildman–Crippen MR) is 108 cm³/mol. The van der Waals surface area contributed by atoms with E-state index in [-0.39, 0.29) is 5.75 Å². The second-order valence-corrected chi connectivity index (χ2v) is 7.39. The molecule has 0 radical (unpaired) electrons. The first kappa shape index (κ1) is 19.5. The number of alkyl halides is 3. The number of benzene rings is 2. The van der Waals surface area contributed by atoms with Crippen LogP contribution in [-0.4, -0.2) is 35.3 Å². The van der Waals surface area contributed by atoms with Crippen molar-refractivity contribution in [1.82, 2.24) is 14.9 Å². The lowest BCUT2D eigenvalue weighted by molar-refractivity contribution is -0.274. The molecule has 8 heteroatoms. The lowest BCUT2D eigenvalue weighted by atomic mass is 10.1. The molecular formula is C21H17ClF3N3O. The fourth-order valence-corrected chi connectivity index (χ4v) is 3.60. The van der Waals surface area contributed by atoms with Crippen molar-refractivity contribution in [3.8, 4) is 17.1 Å². The third-order valence-corrected chi connectivity index (χ3v) is 4.82. The summed E-state index contributed by atoms with van der Waals surface area (Å²) in [4.78, 5) is 9.93. The molecule has 0 amide bonds. The minimum atomic E-state index is -4.74. The molecule has 0 aliphatic carbocycles. The van der Waals surface area contributed by atoms with Crippen LogP contribution in [0.15, 0.2) is 48.5 Å². The number of aromatic nitrogens is 2. The van der Waals surface area contributed by atoms with Crippen molar-refractivity contribution >= 4 is 33.4 Å². The number of pyridine rings is 1. The zero-order valence-electron chi connectivity index (χ0n) is 15.6. The van der Waals surface area contributed by atoms with E-state index in [2.05, 4.69) is 9.72 Å². The molecule has 29 heavy (non-hydrogen) atoms. The van der Waals surface area contributed by atoms with Gasteiger partial charge in [-0.15, -0.1) is 13.2 Å². The topological polar surface area (TPSA) is 41.2 Å². The van der Waals surface area contributed by atoms with E-state index in [0.717, 1.165) is 16.6 Å². The van der Waals surface area contributed by atoms with Gasteiger partial charge in [-0.05, 0) is 44.4 Å². The summed E-state index contributed by atoms with van der Waals surface area (Å²) in [6, 6.07) is 13.6. The number of fused-ring (bicyclic) bond motifs is 2. The predicted octanol–water partition coefficient (Wildman–Crippen LogP) is 6.00. The normalized spacial score (nSPS) is 12.2. The van der Waals surface area contributed by atoms with Gasteiger partial charge in [0.1, 0.15) is 5.75 Å². The summed E-state index contributed by atoms with van der Waals surface area (Å²) in [5, 5.41) is 2.10. The average molecular weight is 420 g/mol. The molecule has 0 spiro atoms. The van der Waals surface area contributed by atoms with E-state index in [1.807, 2.05) is 43.3 Å². The van der Waals surface area contributed by atoms with Gasteiger partial charge < -0.3 is 14.6 Å². The lowest BCUT2D eigenvalue weighted by Gasteiger charge is -2.12. The maximum Gasteiger partial charge on any atom is 0.573 e. The minimum absolute atomic E-state index is 0.259. The van der Waals surface area contributed by atoms with Gasteiger partial charge >= 0.3 is 6.36 Å². The van der Waals surface area contributed by atoms with Gasteiger partial charge in [0.05, 0.1) is 21.9 Å². The highest BCUT2D eigenvalue weighted by molar-refractivity contribution is 6.35. The Bertz CT molecular complexity index is 1200. The van der Waals surface area contributed by atoms with Crippen LogP contribution in [0.1, 0.15) is 5.56 Å². The zero-order chi connectivity index (χ0) is 20.8. The summed E-state index contributed by atoms with van der Waals surface area (Å²) in [5.41, 5.74) is 3.60. The average Bonchev–Trinajstić information content (AvgIpc) is 2.98. The van der Waals surface area contributed by atoms with Gasteiger partial charge in [0.15, 0.2) is 0 Å². The lowest BCUT2D eigenvalue weighted by Crippen LogP contribution is -2.17. The van der Waals surface area contributed by atoms with Crippen molar-refractivity contribution in [2.24, 2.45) is 0 Å². The second-order valence-electron chi connectivity index (χ2n) is 6.98. The van der Waals surface area contributed by atoms with E-state index in [0.29, 0.717) is 33.7 Å². The summed E-state index contributed by atoms with van der Waals surface area (Å²) >= 11 is 6.30. The van der Waals surface area contributed by atoms with Crippen LogP contribution in [-0.2, 0) is 6.54 Å². The highest BCUT2D eigenvalue weighted by atomic mass is 35.5. The molecule has 0 unspecified atom stereocenters. The molecule has 2 heterocycles. The molecule has 0 saturated carbocycles. The monoisotopic (exact) mass is 419 g/mol. The first-order valence-electron chi connectivity index (χ1n) is 8.82. The Balaban J connectivity index is 1.90. The molecule has 0 fully saturated rings. The van der Waals surface area contributed by atoms with E-state index in [1.165, 1.54) is 12.1 Å². The van der Waals surface area contributed by atoms with Crippen LogP contribution in [0.5, 0.6) is 5.75 Å². The van der Waals surface area contributed by atoms with Gasteiger partial charge in [-0.2, -0.15) is 0 Å². The van der Waals surface area contributed by atoms with Crippen LogP contribution in [0.25, 0.3) is 33.2 Å². The number of ether oxygens (including phenoxy) is 1. The Morgan fingerprint density at radius 2 is 1.90 bits per heavy atom. The quantitative estimate of drug-likeness (QED) is 0.441. The van der Waals surface area contributed by atoms with Gasteiger partial charge in [0.2, 0.25) is 0 Å². The summed E-state index contributed by atoms with van der Waals surface area (Å²) in [7, 11) is 3.78. The molecule has 0 aliphatic heterocycles. The van der Waals surface area contributed by atoms with Gasteiger partial charge in [-0.1, -0.05) is 29.8 Å². The fourth-order valence-electron chi connectivity index (χ4n) is 3.37. The van der Waals surface area contributed by atoms with Gasteiger partial charge in [0.25, 0.3) is 0 Å². The number of hydrogen-bond donors (Lipinski definition) is 1. The number of nitrogens with zero attached hydrogens (tertiary/aromatic N) is 2. The van der Waals surface area contributed by atoms with Crippen LogP contribution in [0.3, 0.4) is 0 Å². The summed E-state index contributed by atoms with van der Waals surface area (Å²) in [5.74, 6) is -0.259. The summed E-state index contributed by atoms with van der Waals surface area (Å²) in [6.45, 7) is 0.507. The van der Waals surface area contributed by atoms with Crippen molar-refractivity contribution in [3.63, 3.8) is 0 Å². The van der Waals surface area contributed by atoms with Crippen LogP contribution in [0.2, 0.25) is 5.02 Å². The molecule has 0 bridgehead atoms. The molecule has 2 aromatic heterocycles. The maximum absolute atomic E-state index is 12.6. The van der Waals surface area contributed by atoms with Crippen molar-refractivity contribution in [2.75, 3.05) is 14.1 Å². The van der Waals surface area contributed by atoms with E-state index in [1.54, 1.807) is 12.1 Å². The Labute approximate surface area is 169 Å². The Hall–Kier alpha value is -2.77. The van der Waals surface area contributed by atoms with E-state index in [4.69, 9.17) is 16.6 Å². The van der Waals surface area contributed by atoms with Crippen molar-refractivity contribution in [2.45, 2.75) is 12.9 Å². The molecule has 4 rings (SSSR count). The van der Waals surface area contributed by atoms with Crippen LogP contribution in [0, 0.1) is 0 Å². The minimum Gasteiger partial charge on any atom is -0.406 e. The first-order chi connectivity index (χ1) is 13.7. The van der Waals surface area contributed by atoms with Crippen LogP contribution in [0.4, 0.5) is 13.2 Å². The molecule has 150 valence electrons. The Morgan fingerprint density at radius 3 is 2.62 bits per heavy atom. The van der Waals surface area contributed by atoms with Crippen molar-refractivity contribution < 1.29 is 17.9 Å². The number of nitrogens with one attached hydrogen (secondary N) is 1. The van der Waals surface area contributed by atoms with Crippen LogP contribution >= 0.6 is 11.6 Å². The van der Waals surface area contributed by atoms with E-state index >= 15 is 0 Å². The Kier molecular flexibility index (Phi) is 4.88. The van der Waals surface area contributed by atoms with Crippen molar-refractivity contribution in [1.29, 1.82) is 0 Å². The van der Waals surface area contributed by atoms with Gasteiger partial charge in [-0.25, -0.2) is 4.98 Å². The number of halogens is 4. The smallest absolute Gasteiger partial charge is 0.406 e. The largest absolute Gasteiger partial charge is 0.573 e. The fraction of sp³-hybridized carbons (Fsp3) is 0.190. The summed E-state index contributed by atoms with van der Waals surface area (Å²) < 4.78 is 42.0. The zero-order valence-corrected chi connectivity index (χ0v) is 16.4. The van der Waals surface area contributed by atoms with E-state index < -0.39 is 6.36 Å². The molecule has 4 aromatic rings. The number of rotatable bonds is 4. The number of H-pyrrole nitrogens is 1.